The van der Waals surface area contributed by atoms with Crippen LogP contribution in [0.4, 0.5) is 5.13 Å². The zero-order valence-electron chi connectivity index (χ0n) is 12.2. The Balaban J connectivity index is 1.63. The average molecular weight is 294 g/mol. The Labute approximate surface area is 125 Å². The molecule has 2 saturated carbocycles. The molecular formula is C16H26N2OS. The summed E-state index contributed by atoms with van der Waals surface area (Å²) < 4.78 is 0. The third-order valence-corrected chi connectivity index (χ3v) is 5.93. The van der Waals surface area contributed by atoms with Gasteiger partial charge in [0, 0.05) is 6.04 Å². The first-order valence-corrected chi connectivity index (χ1v) is 9.11. The van der Waals surface area contributed by atoms with Gasteiger partial charge in [-0.1, -0.05) is 56.3 Å². The van der Waals surface area contributed by atoms with Crippen LogP contribution in [0.3, 0.4) is 0 Å². The maximum absolute atomic E-state index is 10.1. The Morgan fingerprint density at radius 2 is 1.50 bits per heavy atom. The van der Waals surface area contributed by atoms with Crippen LogP contribution in [0.1, 0.15) is 81.4 Å². The lowest BCUT2D eigenvalue weighted by atomic mass is 9.97. The van der Waals surface area contributed by atoms with Crippen LogP contribution in [0.5, 0.6) is 5.88 Å². The summed E-state index contributed by atoms with van der Waals surface area (Å²) in [4.78, 5) is 5.49. The average Bonchev–Trinajstić information content (AvgIpc) is 3.01. The maximum atomic E-state index is 10.1. The van der Waals surface area contributed by atoms with Crippen molar-refractivity contribution in [2.75, 3.05) is 5.32 Å². The molecule has 112 valence electrons. The summed E-state index contributed by atoms with van der Waals surface area (Å²) in [6.07, 6.45) is 14.3. The number of hydrogen-bond acceptors (Lipinski definition) is 4. The van der Waals surface area contributed by atoms with Gasteiger partial charge in [0.15, 0.2) is 5.13 Å². The quantitative estimate of drug-likeness (QED) is 0.821. The number of nitrogens with one attached hydrogen (secondary N) is 1. The van der Waals surface area contributed by atoms with Gasteiger partial charge in [0.05, 0.1) is 4.88 Å². The topological polar surface area (TPSA) is 45.2 Å². The molecule has 0 amide bonds. The predicted molar refractivity (Wildman–Crippen MR) is 84.7 cm³/mol. The van der Waals surface area contributed by atoms with Crippen LogP contribution in [0.15, 0.2) is 0 Å². The first-order chi connectivity index (χ1) is 9.83. The molecule has 1 aromatic heterocycles. The Morgan fingerprint density at radius 1 is 0.900 bits per heavy atom. The van der Waals surface area contributed by atoms with Gasteiger partial charge in [0.25, 0.3) is 0 Å². The van der Waals surface area contributed by atoms with E-state index in [4.69, 9.17) is 0 Å². The van der Waals surface area contributed by atoms with Gasteiger partial charge < -0.3 is 10.4 Å². The molecule has 0 bridgehead atoms. The van der Waals surface area contributed by atoms with Crippen LogP contribution in [-0.2, 0) is 0 Å². The van der Waals surface area contributed by atoms with Crippen molar-refractivity contribution in [2.24, 2.45) is 0 Å². The van der Waals surface area contributed by atoms with Crippen LogP contribution in [-0.4, -0.2) is 16.1 Å². The molecule has 1 heterocycles. The van der Waals surface area contributed by atoms with Crippen molar-refractivity contribution in [3.63, 3.8) is 0 Å². The van der Waals surface area contributed by atoms with Crippen molar-refractivity contribution in [2.45, 2.75) is 82.6 Å². The number of aromatic hydroxyl groups is 1. The third kappa shape index (κ3) is 3.46. The number of anilines is 1. The second kappa shape index (κ2) is 6.79. The van der Waals surface area contributed by atoms with Crippen molar-refractivity contribution in [1.82, 2.24) is 4.98 Å². The smallest absolute Gasteiger partial charge is 0.227 e. The summed E-state index contributed by atoms with van der Waals surface area (Å²) >= 11 is 1.69. The molecule has 1 aromatic rings. The minimum absolute atomic E-state index is 0.287. The van der Waals surface area contributed by atoms with E-state index in [1.165, 1.54) is 70.6 Å². The van der Waals surface area contributed by atoms with E-state index in [1.54, 1.807) is 11.3 Å². The summed E-state index contributed by atoms with van der Waals surface area (Å²) in [5.74, 6) is 0.843. The van der Waals surface area contributed by atoms with Crippen molar-refractivity contribution < 1.29 is 5.11 Å². The molecule has 2 aliphatic rings. The second-order valence-electron chi connectivity index (χ2n) is 6.37. The van der Waals surface area contributed by atoms with E-state index in [0.717, 1.165) is 10.0 Å². The van der Waals surface area contributed by atoms with Gasteiger partial charge in [0.1, 0.15) is 0 Å². The van der Waals surface area contributed by atoms with E-state index in [0.29, 0.717) is 12.0 Å². The van der Waals surface area contributed by atoms with Crippen LogP contribution >= 0.6 is 11.3 Å². The highest BCUT2D eigenvalue weighted by molar-refractivity contribution is 7.16. The fourth-order valence-corrected chi connectivity index (χ4v) is 4.72. The van der Waals surface area contributed by atoms with E-state index >= 15 is 0 Å². The number of thiazole rings is 1. The fourth-order valence-electron chi connectivity index (χ4n) is 3.61. The Morgan fingerprint density at radius 3 is 2.20 bits per heavy atom. The number of nitrogens with zero attached hydrogens (tertiary/aromatic N) is 1. The lowest BCUT2D eigenvalue weighted by Gasteiger charge is -2.20. The molecular weight excluding hydrogens is 268 g/mol. The van der Waals surface area contributed by atoms with Crippen molar-refractivity contribution in [1.29, 1.82) is 0 Å². The van der Waals surface area contributed by atoms with Crippen LogP contribution in [0.2, 0.25) is 0 Å². The molecule has 2 aliphatic carbocycles. The van der Waals surface area contributed by atoms with E-state index in [2.05, 4.69) is 10.3 Å². The zero-order chi connectivity index (χ0) is 13.8. The number of hydrogen-bond donors (Lipinski definition) is 2. The number of aromatic nitrogens is 1. The molecule has 0 radical (unpaired) electrons. The Bertz CT molecular complexity index is 418. The molecule has 0 unspecified atom stereocenters. The minimum atomic E-state index is 0.287. The first-order valence-electron chi connectivity index (χ1n) is 8.29. The zero-order valence-corrected chi connectivity index (χ0v) is 13.1. The molecule has 2 fully saturated rings. The van der Waals surface area contributed by atoms with E-state index in [1.807, 2.05) is 0 Å². The SMILES string of the molecule is Oc1nc(NC2CCCCCCC2)sc1C1CCCC1. The fraction of sp³-hybridized carbons (Fsp3) is 0.812. The van der Waals surface area contributed by atoms with Crippen molar-refractivity contribution >= 4 is 16.5 Å². The highest BCUT2D eigenvalue weighted by Gasteiger charge is 2.24. The molecule has 0 spiro atoms. The van der Waals surface area contributed by atoms with Gasteiger partial charge >= 0.3 is 0 Å². The normalized spacial score (nSPS) is 22.6. The standard InChI is InChI=1S/C16H26N2OS/c19-15-14(12-8-6-7-9-12)20-16(18-15)17-13-10-4-2-1-3-5-11-13/h12-13,19H,1-11H2,(H,17,18). The molecule has 4 heteroatoms. The van der Waals surface area contributed by atoms with Gasteiger partial charge in [-0.15, -0.1) is 0 Å². The number of rotatable bonds is 3. The Hall–Kier alpha value is -0.770. The lowest BCUT2D eigenvalue weighted by Crippen LogP contribution is -2.20. The van der Waals surface area contributed by atoms with Gasteiger partial charge in [0.2, 0.25) is 5.88 Å². The molecule has 20 heavy (non-hydrogen) atoms. The summed E-state index contributed by atoms with van der Waals surface area (Å²) in [5.41, 5.74) is 0. The molecule has 0 saturated heterocycles. The summed E-state index contributed by atoms with van der Waals surface area (Å²) in [5, 5.41) is 14.6. The van der Waals surface area contributed by atoms with Gasteiger partial charge in [-0.2, -0.15) is 4.98 Å². The van der Waals surface area contributed by atoms with Crippen molar-refractivity contribution in [3.8, 4) is 5.88 Å². The van der Waals surface area contributed by atoms with Crippen molar-refractivity contribution in [3.05, 3.63) is 4.88 Å². The molecule has 2 N–H and O–H groups in total. The van der Waals surface area contributed by atoms with Gasteiger partial charge in [-0.25, -0.2) is 0 Å². The molecule has 0 aliphatic heterocycles. The molecule has 0 atom stereocenters. The molecule has 3 rings (SSSR count). The van der Waals surface area contributed by atoms with E-state index < -0.39 is 0 Å². The highest BCUT2D eigenvalue weighted by atomic mass is 32.1. The Kier molecular flexibility index (Phi) is 4.81. The van der Waals surface area contributed by atoms with Gasteiger partial charge in [-0.3, -0.25) is 0 Å². The monoisotopic (exact) mass is 294 g/mol. The summed E-state index contributed by atoms with van der Waals surface area (Å²) in [7, 11) is 0. The summed E-state index contributed by atoms with van der Waals surface area (Å²) in [6.45, 7) is 0. The summed E-state index contributed by atoms with van der Waals surface area (Å²) in [6, 6.07) is 0.553. The first kappa shape index (κ1) is 14.2. The molecule has 0 aromatic carbocycles. The van der Waals surface area contributed by atoms with E-state index in [-0.39, 0.29) is 5.88 Å². The van der Waals surface area contributed by atoms with Crippen LogP contribution in [0.25, 0.3) is 0 Å². The second-order valence-corrected chi connectivity index (χ2v) is 7.41. The predicted octanol–water partition coefficient (Wildman–Crippen LogP) is 5.03. The van der Waals surface area contributed by atoms with Gasteiger partial charge in [-0.05, 0) is 31.6 Å². The third-order valence-electron chi connectivity index (χ3n) is 4.79. The molecule has 3 nitrogen and oxygen atoms in total. The minimum Gasteiger partial charge on any atom is -0.492 e. The lowest BCUT2D eigenvalue weighted by molar-refractivity contribution is 0.444. The van der Waals surface area contributed by atoms with Crippen LogP contribution in [0, 0.1) is 0 Å². The maximum Gasteiger partial charge on any atom is 0.227 e. The highest BCUT2D eigenvalue weighted by Crippen LogP contribution is 2.43. The largest absolute Gasteiger partial charge is 0.492 e. The van der Waals surface area contributed by atoms with Crippen LogP contribution < -0.4 is 5.32 Å². The van der Waals surface area contributed by atoms with E-state index in [9.17, 15) is 5.11 Å².